The van der Waals surface area contributed by atoms with E-state index in [1.807, 2.05) is 0 Å². The molecule has 5 rings (SSSR count). The van der Waals surface area contributed by atoms with Crippen LogP contribution in [0.5, 0.6) is 0 Å². The van der Waals surface area contributed by atoms with Crippen molar-refractivity contribution in [2.45, 2.75) is 44.3 Å². The Balaban J connectivity index is 1.43. The summed E-state index contributed by atoms with van der Waals surface area (Å²) in [5.41, 5.74) is 6.26. The van der Waals surface area contributed by atoms with Crippen LogP contribution in [0.1, 0.15) is 37.7 Å². The van der Waals surface area contributed by atoms with E-state index in [0.717, 1.165) is 17.9 Å². The van der Waals surface area contributed by atoms with Crippen molar-refractivity contribution in [3.63, 3.8) is 0 Å². The SMILES string of the molecule is FC(F)(F)c1cccc(NNC2C3CC4CC(C3)CC2C4)c1. The lowest BCUT2D eigenvalue weighted by Gasteiger charge is -2.54. The molecule has 22 heavy (non-hydrogen) atoms. The van der Waals surface area contributed by atoms with Crippen LogP contribution in [0.3, 0.4) is 0 Å². The maximum absolute atomic E-state index is 12.8. The van der Waals surface area contributed by atoms with E-state index in [9.17, 15) is 13.2 Å². The number of rotatable bonds is 3. The fourth-order valence-electron chi connectivity index (χ4n) is 5.10. The summed E-state index contributed by atoms with van der Waals surface area (Å²) < 4.78 is 38.3. The highest BCUT2D eigenvalue weighted by Crippen LogP contribution is 2.53. The molecule has 0 amide bonds. The lowest BCUT2D eigenvalue weighted by atomic mass is 9.54. The average Bonchev–Trinajstić information content (AvgIpc) is 2.45. The summed E-state index contributed by atoms with van der Waals surface area (Å²) >= 11 is 0. The second-order valence-electron chi connectivity index (χ2n) is 7.30. The second-order valence-corrected chi connectivity index (χ2v) is 7.30. The van der Waals surface area contributed by atoms with Crippen LogP contribution in [0.25, 0.3) is 0 Å². The van der Waals surface area contributed by atoms with Crippen molar-refractivity contribution in [3.05, 3.63) is 29.8 Å². The molecule has 0 atom stereocenters. The van der Waals surface area contributed by atoms with Crippen molar-refractivity contribution in [2.75, 3.05) is 5.43 Å². The lowest BCUT2D eigenvalue weighted by Crippen LogP contribution is -2.55. The van der Waals surface area contributed by atoms with Gasteiger partial charge in [0.2, 0.25) is 0 Å². The van der Waals surface area contributed by atoms with E-state index in [0.29, 0.717) is 23.6 Å². The van der Waals surface area contributed by atoms with Gasteiger partial charge in [-0.1, -0.05) is 6.07 Å². The van der Waals surface area contributed by atoms with Crippen LogP contribution >= 0.6 is 0 Å². The summed E-state index contributed by atoms with van der Waals surface area (Å²) in [5.74, 6) is 3.17. The van der Waals surface area contributed by atoms with Crippen LogP contribution in [0.2, 0.25) is 0 Å². The van der Waals surface area contributed by atoms with Crippen LogP contribution in [0, 0.1) is 23.7 Å². The first-order chi connectivity index (χ1) is 10.5. The maximum Gasteiger partial charge on any atom is 0.416 e. The highest BCUT2D eigenvalue weighted by atomic mass is 19.4. The Hall–Kier alpha value is -1.23. The molecule has 4 aliphatic rings. The molecule has 2 N–H and O–H groups in total. The third-order valence-corrected chi connectivity index (χ3v) is 5.80. The molecular formula is C17H21F3N2. The fraction of sp³-hybridized carbons (Fsp3) is 0.647. The van der Waals surface area contributed by atoms with Crippen molar-refractivity contribution < 1.29 is 13.2 Å². The minimum absolute atomic E-state index is 0.405. The van der Waals surface area contributed by atoms with Crippen molar-refractivity contribution in [3.8, 4) is 0 Å². The number of hydrogen-bond donors (Lipinski definition) is 2. The average molecular weight is 310 g/mol. The molecule has 0 radical (unpaired) electrons. The highest BCUT2D eigenvalue weighted by molar-refractivity contribution is 5.45. The molecule has 4 saturated carbocycles. The van der Waals surface area contributed by atoms with Gasteiger partial charge in [0.15, 0.2) is 0 Å². The molecule has 0 unspecified atom stereocenters. The standard InChI is InChI=1S/C17H21F3N2/c18-17(19,20)14-2-1-3-15(9-14)21-22-16-12-5-10-4-11(7-12)8-13(16)6-10/h1-3,9-13,16,21-22H,4-8H2. The van der Waals surface area contributed by atoms with E-state index in [2.05, 4.69) is 10.9 Å². The Labute approximate surface area is 128 Å². The molecule has 0 aromatic heterocycles. The Morgan fingerprint density at radius 1 is 0.909 bits per heavy atom. The smallest absolute Gasteiger partial charge is 0.321 e. The van der Waals surface area contributed by atoms with Crippen molar-refractivity contribution in [2.24, 2.45) is 23.7 Å². The third kappa shape index (κ3) is 2.60. The fourth-order valence-corrected chi connectivity index (χ4v) is 5.10. The van der Waals surface area contributed by atoms with Crippen LogP contribution in [0.15, 0.2) is 24.3 Å². The third-order valence-electron chi connectivity index (χ3n) is 5.80. The number of alkyl halides is 3. The number of nitrogens with one attached hydrogen (secondary N) is 2. The van der Waals surface area contributed by atoms with Crippen molar-refractivity contribution in [1.29, 1.82) is 0 Å². The van der Waals surface area contributed by atoms with Gasteiger partial charge >= 0.3 is 6.18 Å². The molecule has 0 spiro atoms. The van der Waals surface area contributed by atoms with Gasteiger partial charge < -0.3 is 5.43 Å². The van der Waals surface area contributed by atoms with Gasteiger partial charge in [-0.15, -0.1) is 0 Å². The van der Waals surface area contributed by atoms with Gasteiger partial charge in [-0.2, -0.15) is 13.2 Å². The van der Waals surface area contributed by atoms with E-state index in [4.69, 9.17) is 0 Å². The molecule has 0 heterocycles. The number of hydrogen-bond acceptors (Lipinski definition) is 2. The largest absolute Gasteiger partial charge is 0.416 e. The Kier molecular flexibility index (Phi) is 3.36. The minimum Gasteiger partial charge on any atom is -0.321 e. The summed E-state index contributed by atoms with van der Waals surface area (Å²) in [6.45, 7) is 0. The number of halogens is 3. The van der Waals surface area contributed by atoms with Crippen LogP contribution in [-0.4, -0.2) is 6.04 Å². The van der Waals surface area contributed by atoms with Gasteiger partial charge in [0.05, 0.1) is 5.56 Å². The summed E-state index contributed by atoms with van der Waals surface area (Å²) in [7, 11) is 0. The zero-order valence-corrected chi connectivity index (χ0v) is 12.4. The molecule has 1 aromatic carbocycles. The van der Waals surface area contributed by atoms with Gasteiger partial charge in [0, 0.05) is 11.7 Å². The van der Waals surface area contributed by atoms with Gasteiger partial charge in [-0.3, -0.25) is 0 Å². The molecule has 5 heteroatoms. The molecule has 4 fully saturated rings. The first-order valence-corrected chi connectivity index (χ1v) is 8.18. The van der Waals surface area contributed by atoms with Crippen LogP contribution in [0.4, 0.5) is 18.9 Å². The van der Waals surface area contributed by atoms with Gasteiger partial charge in [0.25, 0.3) is 0 Å². The van der Waals surface area contributed by atoms with E-state index < -0.39 is 11.7 Å². The molecule has 4 aliphatic carbocycles. The van der Waals surface area contributed by atoms with E-state index in [-0.39, 0.29) is 0 Å². The zero-order chi connectivity index (χ0) is 15.3. The van der Waals surface area contributed by atoms with Crippen molar-refractivity contribution in [1.82, 2.24) is 5.43 Å². The summed E-state index contributed by atoms with van der Waals surface area (Å²) in [5, 5.41) is 0. The Morgan fingerprint density at radius 3 is 2.14 bits per heavy atom. The van der Waals surface area contributed by atoms with Gasteiger partial charge in [-0.25, -0.2) is 5.43 Å². The molecule has 2 nitrogen and oxygen atoms in total. The first kappa shape index (κ1) is 14.4. The Morgan fingerprint density at radius 2 is 1.55 bits per heavy atom. The number of benzene rings is 1. The summed E-state index contributed by atoms with van der Waals surface area (Å²) in [6, 6.07) is 5.81. The molecular weight excluding hydrogens is 289 g/mol. The quantitative estimate of drug-likeness (QED) is 0.806. The topological polar surface area (TPSA) is 24.1 Å². The molecule has 0 saturated heterocycles. The van der Waals surface area contributed by atoms with Gasteiger partial charge in [0.1, 0.15) is 0 Å². The maximum atomic E-state index is 12.8. The van der Waals surface area contributed by atoms with E-state index in [1.54, 1.807) is 6.07 Å². The van der Waals surface area contributed by atoms with Crippen LogP contribution in [-0.2, 0) is 6.18 Å². The number of anilines is 1. The summed E-state index contributed by atoms with van der Waals surface area (Å²) in [6.07, 6.45) is 2.26. The van der Waals surface area contributed by atoms with E-state index in [1.165, 1.54) is 44.2 Å². The predicted molar refractivity (Wildman–Crippen MR) is 79.0 cm³/mol. The minimum atomic E-state index is -4.29. The Bertz CT molecular complexity index is 527. The highest BCUT2D eigenvalue weighted by Gasteiger charge is 2.48. The van der Waals surface area contributed by atoms with Crippen molar-refractivity contribution >= 4 is 5.69 Å². The number of hydrazine groups is 1. The van der Waals surface area contributed by atoms with Gasteiger partial charge in [-0.05, 0) is 74.0 Å². The first-order valence-electron chi connectivity index (χ1n) is 8.18. The lowest BCUT2D eigenvalue weighted by molar-refractivity contribution is -0.137. The zero-order valence-electron chi connectivity index (χ0n) is 12.4. The predicted octanol–water partition coefficient (Wildman–Crippen LogP) is 4.45. The molecule has 1 aromatic rings. The normalized spacial score (nSPS) is 36.6. The molecule has 0 aliphatic heterocycles. The van der Waals surface area contributed by atoms with Crippen LogP contribution < -0.4 is 10.9 Å². The van der Waals surface area contributed by atoms with E-state index >= 15 is 0 Å². The summed E-state index contributed by atoms with van der Waals surface area (Å²) in [4.78, 5) is 0. The second kappa shape index (κ2) is 5.15. The monoisotopic (exact) mass is 310 g/mol. The molecule has 120 valence electrons. The molecule has 4 bridgehead atoms.